The molecular formula is C19H23N2O3+. The Hall–Kier alpha value is -2.66. The van der Waals surface area contributed by atoms with Crippen molar-refractivity contribution in [3.05, 3.63) is 65.2 Å². The predicted octanol–water partition coefficient (Wildman–Crippen LogP) is 1.44. The smallest absolute Gasteiger partial charge is 0.337 e. The lowest BCUT2D eigenvalue weighted by molar-refractivity contribution is -0.885. The molecule has 0 aliphatic heterocycles. The minimum absolute atomic E-state index is 0.0893. The average molecular weight is 327 g/mol. The van der Waals surface area contributed by atoms with Crippen LogP contribution in [0.15, 0.2) is 48.5 Å². The normalized spacial score (nSPS) is 11.6. The van der Waals surface area contributed by atoms with E-state index in [2.05, 4.69) is 5.32 Å². The molecule has 24 heavy (non-hydrogen) atoms. The molecule has 0 fully saturated rings. The van der Waals surface area contributed by atoms with Gasteiger partial charge >= 0.3 is 5.97 Å². The zero-order chi connectivity index (χ0) is 17.5. The van der Waals surface area contributed by atoms with E-state index < -0.39 is 5.97 Å². The van der Waals surface area contributed by atoms with E-state index in [4.69, 9.17) is 4.74 Å². The summed E-state index contributed by atoms with van der Waals surface area (Å²) in [6.45, 7) is 3.00. The van der Waals surface area contributed by atoms with E-state index in [1.54, 1.807) is 18.2 Å². The van der Waals surface area contributed by atoms with Crippen molar-refractivity contribution >= 4 is 17.6 Å². The molecule has 5 nitrogen and oxygen atoms in total. The maximum atomic E-state index is 12.3. The lowest BCUT2D eigenvalue weighted by atomic mass is 10.1. The number of quaternary nitrogens is 1. The molecule has 126 valence electrons. The van der Waals surface area contributed by atoms with Crippen molar-refractivity contribution in [3.8, 4) is 0 Å². The molecular weight excluding hydrogens is 304 g/mol. The second-order valence-corrected chi connectivity index (χ2v) is 5.87. The molecule has 2 aromatic rings. The highest BCUT2D eigenvalue weighted by Crippen LogP contribution is 2.17. The summed E-state index contributed by atoms with van der Waals surface area (Å²) in [6, 6.07) is 15.2. The fourth-order valence-corrected chi connectivity index (χ4v) is 2.48. The first-order chi connectivity index (χ1) is 11.5. The molecule has 0 bridgehead atoms. The highest BCUT2D eigenvalue weighted by atomic mass is 16.5. The van der Waals surface area contributed by atoms with E-state index >= 15 is 0 Å². The number of methoxy groups -OCH3 is 1. The number of aryl methyl sites for hydroxylation is 1. The fourth-order valence-electron chi connectivity index (χ4n) is 2.48. The number of rotatable bonds is 6. The van der Waals surface area contributed by atoms with Gasteiger partial charge in [-0.05, 0) is 24.6 Å². The van der Waals surface area contributed by atoms with Crippen LogP contribution in [0.3, 0.4) is 0 Å². The summed E-state index contributed by atoms with van der Waals surface area (Å²) in [6.07, 6.45) is 0. The molecule has 0 saturated heterocycles. The summed E-state index contributed by atoms with van der Waals surface area (Å²) >= 11 is 0. The van der Waals surface area contributed by atoms with Gasteiger partial charge in [-0.2, -0.15) is 0 Å². The van der Waals surface area contributed by atoms with Gasteiger partial charge in [0, 0.05) is 11.3 Å². The van der Waals surface area contributed by atoms with Crippen LogP contribution in [-0.4, -0.2) is 32.6 Å². The minimum Gasteiger partial charge on any atom is -0.465 e. The van der Waals surface area contributed by atoms with Crippen LogP contribution < -0.4 is 10.2 Å². The number of benzene rings is 2. The van der Waals surface area contributed by atoms with Gasteiger partial charge in [0.05, 0.1) is 19.7 Å². The lowest BCUT2D eigenvalue weighted by Crippen LogP contribution is -3.08. The molecule has 0 aliphatic rings. The first-order valence-corrected chi connectivity index (χ1v) is 7.83. The summed E-state index contributed by atoms with van der Waals surface area (Å²) < 4.78 is 4.71. The van der Waals surface area contributed by atoms with Crippen molar-refractivity contribution in [1.29, 1.82) is 0 Å². The molecule has 2 rings (SSSR count). The topological polar surface area (TPSA) is 59.8 Å². The summed E-state index contributed by atoms with van der Waals surface area (Å²) in [7, 11) is 3.31. The summed E-state index contributed by atoms with van der Waals surface area (Å²) in [5.74, 6) is -0.508. The van der Waals surface area contributed by atoms with Gasteiger partial charge in [-0.25, -0.2) is 4.79 Å². The second-order valence-electron chi connectivity index (χ2n) is 5.87. The maximum Gasteiger partial charge on any atom is 0.337 e. The number of esters is 1. The van der Waals surface area contributed by atoms with Crippen molar-refractivity contribution < 1.29 is 19.2 Å². The molecule has 0 radical (unpaired) electrons. The van der Waals surface area contributed by atoms with Crippen LogP contribution in [-0.2, 0) is 16.1 Å². The maximum absolute atomic E-state index is 12.3. The van der Waals surface area contributed by atoms with Crippen molar-refractivity contribution in [1.82, 2.24) is 0 Å². The number of anilines is 1. The number of carbonyl (C=O) groups excluding carboxylic acids is 2. The number of nitrogens with one attached hydrogen (secondary N) is 2. The molecule has 0 aliphatic carbocycles. The largest absolute Gasteiger partial charge is 0.465 e. The molecule has 1 unspecified atom stereocenters. The number of likely N-dealkylation sites (N-methyl/N-ethyl adjacent to an activating group) is 1. The Balaban J connectivity index is 1.98. The first-order valence-electron chi connectivity index (χ1n) is 7.83. The van der Waals surface area contributed by atoms with Crippen LogP contribution in [0.25, 0.3) is 0 Å². The Morgan fingerprint density at radius 3 is 2.50 bits per heavy atom. The zero-order valence-electron chi connectivity index (χ0n) is 14.3. The van der Waals surface area contributed by atoms with Crippen LogP contribution in [0.5, 0.6) is 0 Å². The Bertz CT molecular complexity index is 714. The summed E-state index contributed by atoms with van der Waals surface area (Å²) in [4.78, 5) is 25.0. The van der Waals surface area contributed by atoms with Crippen LogP contribution >= 0.6 is 0 Å². The Kier molecular flexibility index (Phi) is 6.09. The molecule has 2 N–H and O–H groups in total. The highest BCUT2D eigenvalue weighted by molar-refractivity contribution is 5.95. The first kappa shape index (κ1) is 17.7. The standard InChI is InChI=1S/C19H22N2O3/c1-14-9-10-16(19(23)24-3)11-17(14)20-18(22)13-21(2)12-15-7-5-4-6-8-15/h4-11H,12-13H2,1-3H3,(H,20,22)/p+1. The van der Waals surface area contributed by atoms with Crippen molar-refractivity contribution in [3.63, 3.8) is 0 Å². The van der Waals surface area contributed by atoms with Crippen molar-refractivity contribution in [2.24, 2.45) is 0 Å². The van der Waals surface area contributed by atoms with E-state index in [1.807, 2.05) is 44.3 Å². The second kappa shape index (κ2) is 8.26. The molecule has 0 heterocycles. The quantitative estimate of drug-likeness (QED) is 0.789. The molecule has 1 amide bonds. The Morgan fingerprint density at radius 1 is 1.12 bits per heavy atom. The number of hydrogen-bond acceptors (Lipinski definition) is 3. The number of ether oxygens (including phenoxy) is 1. The molecule has 1 atom stereocenters. The van der Waals surface area contributed by atoms with Crippen LogP contribution in [0, 0.1) is 6.92 Å². The van der Waals surface area contributed by atoms with Gasteiger partial charge in [-0.15, -0.1) is 0 Å². The molecule has 0 aromatic heterocycles. The van der Waals surface area contributed by atoms with Crippen LogP contribution in [0.1, 0.15) is 21.5 Å². The zero-order valence-corrected chi connectivity index (χ0v) is 14.3. The highest BCUT2D eigenvalue weighted by Gasteiger charge is 2.13. The Labute approximate surface area is 142 Å². The third-order valence-corrected chi connectivity index (χ3v) is 3.74. The van der Waals surface area contributed by atoms with E-state index in [-0.39, 0.29) is 5.91 Å². The number of hydrogen-bond donors (Lipinski definition) is 2. The van der Waals surface area contributed by atoms with E-state index in [1.165, 1.54) is 12.7 Å². The number of carbonyl (C=O) groups is 2. The number of amides is 1. The fraction of sp³-hybridized carbons (Fsp3) is 0.263. The van der Waals surface area contributed by atoms with Gasteiger partial charge in [0.2, 0.25) is 0 Å². The van der Waals surface area contributed by atoms with Gasteiger partial charge < -0.3 is 15.0 Å². The van der Waals surface area contributed by atoms with Gasteiger partial charge in [-0.3, -0.25) is 4.79 Å². The third-order valence-electron chi connectivity index (χ3n) is 3.74. The summed E-state index contributed by atoms with van der Waals surface area (Å²) in [5, 5.41) is 2.88. The van der Waals surface area contributed by atoms with E-state index in [0.717, 1.165) is 17.0 Å². The summed E-state index contributed by atoms with van der Waals surface area (Å²) in [5.41, 5.74) is 3.14. The van der Waals surface area contributed by atoms with Gasteiger partial charge in [0.15, 0.2) is 6.54 Å². The predicted molar refractivity (Wildman–Crippen MR) is 93.0 cm³/mol. The monoisotopic (exact) mass is 327 g/mol. The molecule has 2 aromatic carbocycles. The SMILES string of the molecule is COC(=O)c1ccc(C)c(NC(=O)C[NH+](C)Cc2ccccc2)c1. The average Bonchev–Trinajstić information content (AvgIpc) is 2.56. The van der Waals surface area contributed by atoms with Crippen LogP contribution in [0.4, 0.5) is 5.69 Å². The molecule has 0 spiro atoms. The van der Waals surface area contributed by atoms with Crippen LogP contribution in [0.2, 0.25) is 0 Å². The van der Waals surface area contributed by atoms with E-state index in [9.17, 15) is 9.59 Å². The Morgan fingerprint density at radius 2 is 1.83 bits per heavy atom. The van der Waals surface area contributed by atoms with Gasteiger partial charge in [0.25, 0.3) is 5.91 Å². The van der Waals surface area contributed by atoms with Gasteiger partial charge in [-0.1, -0.05) is 36.4 Å². The van der Waals surface area contributed by atoms with Gasteiger partial charge in [0.1, 0.15) is 6.54 Å². The third kappa shape index (κ3) is 4.93. The van der Waals surface area contributed by atoms with Crippen molar-refractivity contribution in [2.45, 2.75) is 13.5 Å². The van der Waals surface area contributed by atoms with Crippen molar-refractivity contribution in [2.75, 3.05) is 26.0 Å². The minimum atomic E-state index is -0.419. The molecule has 5 heteroatoms. The van der Waals surface area contributed by atoms with E-state index in [0.29, 0.717) is 17.8 Å². The lowest BCUT2D eigenvalue weighted by Gasteiger charge is -2.15. The molecule has 0 saturated carbocycles.